The van der Waals surface area contributed by atoms with Gasteiger partial charge in [-0.1, -0.05) is 72.8 Å². The molecule has 0 aliphatic carbocycles. The molecule has 4 N–H and O–H groups in total. The Morgan fingerprint density at radius 2 is 1.63 bits per heavy atom. The van der Waals surface area contributed by atoms with Crippen LogP contribution in [0.15, 0.2) is 102 Å². The van der Waals surface area contributed by atoms with E-state index in [9.17, 15) is 19.5 Å². The molecule has 3 atom stereocenters. The quantitative estimate of drug-likeness (QED) is 0.119. The fraction of sp³-hybridized carbons (Fsp3) is 0.357. The molecule has 282 valence electrons. The third kappa shape index (κ3) is 8.91. The maximum Gasteiger partial charge on any atom is 0.326 e. The van der Waals surface area contributed by atoms with E-state index in [2.05, 4.69) is 26.6 Å². The first-order chi connectivity index (χ1) is 26.4. The molecule has 3 heterocycles. The number of carbonyl (C=O) groups excluding carboxylic acids is 2. The predicted molar refractivity (Wildman–Crippen MR) is 204 cm³/mol. The van der Waals surface area contributed by atoms with Crippen LogP contribution in [0, 0.1) is 0 Å². The van der Waals surface area contributed by atoms with Gasteiger partial charge in [-0.2, -0.15) is 0 Å². The highest BCUT2D eigenvalue weighted by Crippen LogP contribution is 2.39. The van der Waals surface area contributed by atoms with Crippen LogP contribution in [0.2, 0.25) is 0 Å². The van der Waals surface area contributed by atoms with E-state index >= 15 is 0 Å². The van der Waals surface area contributed by atoms with Crippen LogP contribution >= 0.6 is 0 Å². The van der Waals surface area contributed by atoms with Crippen LogP contribution in [0.4, 0.5) is 4.79 Å². The summed E-state index contributed by atoms with van der Waals surface area (Å²) in [7, 11) is 0. The summed E-state index contributed by atoms with van der Waals surface area (Å²) in [5.74, 6) is -0.487. The van der Waals surface area contributed by atoms with Crippen LogP contribution in [0.25, 0.3) is 22.2 Å². The van der Waals surface area contributed by atoms with Crippen molar-refractivity contribution in [3.63, 3.8) is 0 Å². The first-order valence-corrected chi connectivity index (χ1v) is 18.7. The largest absolute Gasteiger partial charge is 0.465 e. The van der Waals surface area contributed by atoms with Gasteiger partial charge in [0, 0.05) is 44.2 Å². The molecule has 0 spiro atoms. The smallest absolute Gasteiger partial charge is 0.326 e. The number of carbonyl (C=O) groups is 2. The van der Waals surface area contributed by atoms with Crippen LogP contribution in [0.1, 0.15) is 66.9 Å². The topological polar surface area (TPSA) is 147 Å². The molecule has 4 aromatic carbocycles. The number of benzene rings is 4. The van der Waals surface area contributed by atoms with Gasteiger partial charge in [0.15, 0.2) is 6.29 Å². The number of nitrogens with one attached hydrogen (secondary N) is 3. The monoisotopic (exact) mass is 733 g/mol. The molecule has 5 aromatic rings. The van der Waals surface area contributed by atoms with Crippen LogP contribution < -0.4 is 16.3 Å². The number of likely N-dealkylation sites (tertiary alicyclic amines) is 1. The normalized spacial score (nSPS) is 19.4. The maximum atomic E-state index is 12.9. The van der Waals surface area contributed by atoms with Crippen molar-refractivity contribution in [2.75, 3.05) is 32.8 Å². The molecule has 12 nitrogen and oxygen atoms in total. The lowest BCUT2D eigenvalue weighted by Crippen LogP contribution is -2.43. The van der Waals surface area contributed by atoms with Gasteiger partial charge in [-0.25, -0.2) is 9.59 Å². The average Bonchev–Trinajstić information content (AvgIpc) is 3.55. The summed E-state index contributed by atoms with van der Waals surface area (Å²) in [4.78, 5) is 42.1. The Morgan fingerprint density at radius 1 is 0.870 bits per heavy atom. The number of hydrogen-bond acceptors (Lipinski definition) is 8. The molecular formula is C42H47N5O7. The number of aromatic amines is 1. The van der Waals surface area contributed by atoms with Gasteiger partial charge in [0.25, 0.3) is 0 Å². The zero-order valence-electron chi connectivity index (χ0n) is 30.4. The molecule has 0 unspecified atom stereocenters. The highest BCUT2D eigenvalue weighted by molar-refractivity contribution is 5.80. The molecule has 2 aliphatic rings. The fourth-order valence-corrected chi connectivity index (χ4v) is 7.45. The SMILES string of the molecule is CCOC(=O)CNC(=O)NCc1cccc(-c2cccc([C@@H]3O[C@H](CN4CCC(n5c(=O)[nH]c6ccccc65)CC4)C[C@H](c4ccc(CO)cc4)O3)c2)c1. The van der Waals surface area contributed by atoms with Gasteiger partial charge in [-0.05, 0) is 71.8 Å². The number of nitrogens with zero attached hydrogens (tertiary/aromatic N) is 2. The number of aromatic nitrogens is 2. The number of hydrogen-bond donors (Lipinski definition) is 4. The van der Waals surface area contributed by atoms with Gasteiger partial charge < -0.3 is 39.8 Å². The summed E-state index contributed by atoms with van der Waals surface area (Å²) >= 11 is 0. The highest BCUT2D eigenvalue weighted by Gasteiger charge is 2.34. The van der Waals surface area contributed by atoms with Crippen LogP contribution in [0.5, 0.6) is 0 Å². The minimum atomic E-state index is -0.610. The molecule has 0 saturated carbocycles. The van der Waals surface area contributed by atoms with Crippen molar-refractivity contribution in [1.29, 1.82) is 0 Å². The zero-order chi connectivity index (χ0) is 37.4. The Morgan fingerprint density at radius 3 is 2.41 bits per heavy atom. The third-order valence-electron chi connectivity index (χ3n) is 10.2. The Labute approximate surface area is 314 Å². The van der Waals surface area contributed by atoms with Crippen molar-refractivity contribution in [3.05, 3.63) is 130 Å². The second-order valence-electron chi connectivity index (χ2n) is 13.9. The summed E-state index contributed by atoms with van der Waals surface area (Å²) in [5, 5.41) is 14.9. The zero-order valence-corrected chi connectivity index (χ0v) is 30.4. The number of urea groups is 1. The Kier molecular flexibility index (Phi) is 11.8. The van der Waals surface area contributed by atoms with Crippen molar-refractivity contribution in [2.45, 2.75) is 63.9 Å². The number of ether oxygens (including phenoxy) is 3. The fourth-order valence-electron chi connectivity index (χ4n) is 7.45. The second-order valence-corrected chi connectivity index (χ2v) is 13.9. The standard InChI is InChI=1S/C42H47N5O7/c1-2-52-39(49)25-44-41(50)43-24-29-7-5-8-31(21-29)32-9-6-10-33(22-32)40-53-35(23-38(54-40)30-15-13-28(27-48)14-16-30)26-46-19-17-34(18-20-46)47-37-12-4-3-11-36(37)45-42(47)51/h3-16,21-22,34-35,38,40,48H,2,17-20,23-27H2,1H3,(H,45,51)(H2,43,44,50)/t35-,38+,40+/m0/s1. The molecule has 2 saturated heterocycles. The van der Waals surface area contributed by atoms with E-state index < -0.39 is 18.3 Å². The van der Waals surface area contributed by atoms with Crippen molar-refractivity contribution >= 4 is 23.0 Å². The number of aliphatic hydroxyl groups excluding tert-OH is 1. The summed E-state index contributed by atoms with van der Waals surface area (Å²) in [6, 6.07) is 31.5. The average molecular weight is 734 g/mol. The van der Waals surface area contributed by atoms with Gasteiger partial charge >= 0.3 is 17.7 Å². The summed E-state index contributed by atoms with van der Waals surface area (Å²) in [5.41, 5.74) is 7.40. The second kappa shape index (κ2) is 17.3. The molecule has 2 fully saturated rings. The Bertz CT molecular complexity index is 2100. The first-order valence-electron chi connectivity index (χ1n) is 18.7. The van der Waals surface area contributed by atoms with E-state index in [-0.39, 0.29) is 50.2 Å². The molecule has 54 heavy (non-hydrogen) atoms. The number of para-hydroxylation sites is 2. The van der Waals surface area contributed by atoms with Crippen LogP contribution in [-0.2, 0) is 32.2 Å². The first kappa shape index (κ1) is 37.1. The highest BCUT2D eigenvalue weighted by atomic mass is 16.7. The van der Waals surface area contributed by atoms with E-state index in [0.717, 1.165) is 76.9 Å². The van der Waals surface area contributed by atoms with Gasteiger partial charge in [-0.15, -0.1) is 0 Å². The van der Waals surface area contributed by atoms with Gasteiger partial charge in [-0.3, -0.25) is 9.36 Å². The lowest BCUT2D eigenvalue weighted by molar-refractivity contribution is -0.253. The molecule has 2 aliphatic heterocycles. The number of piperidine rings is 1. The predicted octanol–water partition coefficient (Wildman–Crippen LogP) is 5.73. The summed E-state index contributed by atoms with van der Waals surface area (Å²) in [6.07, 6.45) is 1.49. The van der Waals surface area contributed by atoms with Gasteiger partial charge in [0.1, 0.15) is 6.54 Å². The van der Waals surface area contributed by atoms with E-state index in [1.165, 1.54) is 0 Å². The van der Waals surface area contributed by atoms with Crippen molar-refractivity contribution in [3.8, 4) is 11.1 Å². The van der Waals surface area contributed by atoms with Crippen molar-refractivity contribution in [1.82, 2.24) is 25.1 Å². The molecule has 2 amide bonds. The van der Waals surface area contributed by atoms with E-state index in [4.69, 9.17) is 14.2 Å². The van der Waals surface area contributed by atoms with E-state index in [1.807, 2.05) is 95.6 Å². The minimum absolute atomic E-state index is 0.0203. The van der Waals surface area contributed by atoms with E-state index in [1.54, 1.807) is 6.92 Å². The van der Waals surface area contributed by atoms with Crippen molar-refractivity contribution in [2.24, 2.45) is 0 Å². The number of imidazole rings is 1. The lowest BCUT2D eigenvalue weighted by Gasteiger charge is -2.40. The van der Waals surface area contributed by atoms with Crippen LogP contribution in [0.3, 0.4) is 0 Å². The molecule has 12 heteroatoms. The number of esters is 1. The van der Waals surface area contributed by atoms with Crippen molar-refractivity contribution < 1.29 is 28.9 Å². The summed E-state index contributed by atoms with van der Waals surface area (Å²) < 4.78 is 20.2. The minimum Gasteiger partial charge on any atom is -0.465 e. The molecule has 1 aromatic heterocycles. The molecular weight excluding hydrogens is 686 g/mol. The molecule has 0 radical (unpaired) electrons. The Balaban J connectivity index is 1.04. The number of H-pyrrole nitrogens is 1. The number of rotatable bonds is 12. The van der Waals surface area contributed by atoms with Crippen LogP contribution in [-0.4, -0.2) is 70.4 Å². The molecule has 0 bridgehead atoms. The van der Waals surface area contributed by atoms with Gasteiger partial charge in [0.05, 0.1) is 36.5 Å². The van der Waals surface area contributed by atoms with Gasteiger partial charge in [0.2, 0.25) is 0 Å². The molecule has 7 rings (SSSR count). The Hall–Kier alpha value is -5.27. The number of fused-ring (bicyclic) bond motifs is 1. The van der Waals surface area contributed by atoms with E-state index in [0.29, 0.717) is 6.42 Å². The number of amides is 2. The lowest BCUT2D eigenvalue weighted by atomic mass is 9.97. The maximum absolute atomic E-state index is 12.9. The number of aliphatic hydroxyl groups is 1. The third-order valence-corrected chi connectivity index (χ3v) is 10.2. The summed E-state index contributed by atoms with van der Waals surface area (Å²) in [6.45, 7) is 4.49.